The van der Waals surface area contributed by atoms with Gasteiger partial charge in [0.1, 0.15) is 5.82 Å². The molecule has 1 aliphatic heterocycles. The lowest BCUT2D eigenvalue weighted by atomic mass is 9.69. The van der Waals surface area contributed by atoms with Gasteiger partial charge in [0, 0.05) is 23.4 Å². The van der Waals surface area contributed by atoms with Crippen LogP contribution in [0.3, 0.4) is 0 Å². The molecular weight excluding hydrogens is 395 g/mol. The van der Waals surface area contributed by atoms with Gasteiger partial charge < -0.3 is 5.11 Å². The zero-order valence-corrected chi connectivity index (χ0v) is 18.2. The lowest BCUT2D eigenvalue weighted by molar-refractivity contribution is 0.109. The van der Waals surface area contributed by atoms with Crippen LogP contribution in [0.1, 0.15) is 67.4 Å². The van der Waals surface area contributed by atoms with Crippen molar-refractivity contribution >= 4 is 11.9 Å². The van der Waals surface area contributed by atoms with Gasteiger partial charge in [-0.2, -0.15) is 5.26 Å². The van der Waals surface area contributed by atoms with Gasteiger partial charge >= 0.3 is 0 Å². The van der Waals surface area contributed by atoms with E-state index in [1.807, 2.05) is 30.1 Å². The Labute approximate surface area is 183 Å². The Hall–Kier alpha value is -1.87. The first-order valence-corrected chi connectivity index (χ1v) is 11.7. The Morgan fingerprint density at radius 1 is 1.13 bits per heavy atom. The standard InChI is InChI=1S/C25H29FN2OS/c1-18-7-10-24(19-5-3-2-4-6-19)30-28(18)16-20-8-9-21(15-23(20)26)25(17-27)13-11-22(29)12-14-25/h2-6,8-9,15,18,22,24,29H,7,10-14,16H2,1H3/t18-,22?,24+,25?/m0/s1. The average Bonchev–Trinajstić information content (AvgIpc) is 2.78. The van der Waals surface area contributed by atoms with Crippen molar-refractivity contribution in [3.63, 3.8) is 0 Å². The highest BCUT2D eigenvalue weighted by Crippen LogP contribution is 2.44. The van der Waals surface area contributed by atoms with Crippen molar-refractivity contribution in [2.75, 3.05) is 0 Å². The van der Waals surface area contributed by atoms with Crippen LogP contribution in [0.25, 0.3) is 0 Å². The molecule has 2 aromatic rings. The largest absolute Gasteiger partial charge is 0.393 e. The molecule has 2 aromatic carbocycles. The second-order valence-electron chi connectivity index (χ2n) is 8.74. The van der Waals surface area contributed by atoms with Crippen LogP contribution in [-0.4, -0.2) is 21.6 Å². The molecule has 0 unspecified atom stereocenters. The van der Waals surface area contributed by atoms with Crippen LogP contribution >= 0.6 is 11.9 Å². The Bertz CT molecular complexity index is 905. The molecule has 0 spiro atoms. The molecule has 1 saturated heterocycles. The smallest absolute Gasteiger partial charge is 0.128 e. The van der Waals surface area contributed by atoms with Gasteiger partial charge in [0.05, 0.1) is 17.6 Å². The molecule has 2 fully saturated rings. The molecule has 30 heavy (non-hydrogen) atoms. The van der Waals surface area contributed by atoms with E-state index in [4.69, 9.17) is 0 Å². The van der Waals surface area contributed by atoms with E-state index in [1.165, 1.54) is 5.56 Å². The molecule has 0 radical (unpaired) electrons. The van der Waals surface area contributed by atoms with Gasteiger partial charge in [0.25, 0.3) is 0 Å². The predicted molar refractivity (Wildman–Crippen MR) is 119 cm³/mol. The summed E-state index contributed by atoms with van der Waals surface area (Å²) in [6, 6.07) is 18.7. The maximum Gasteiger partial charge on any atom is 0.128 e. The summed E-state index contributed by atoms with van der Waals surface area (Å²) < 4.78 is 17.4. The monoisotopic (exact) mass is 424 g/mol. The van der Waals surface area contributed by atoms with E-state index >= 15 is 4.39 Å². The van der Waals surface area contributed by atoms with Crippen molar-refractivity contribution in [2.45, 2.75) is 74.8 Å². The molecule has 1 heterocycles. The van der Waals surface area contributed by atoms with Crippen LogP contribution in [0.2, 0.25) is 0 Å². The Balaban J connectivity index is 1.50. The molecule has 1 aliphatic carbocycles. The molecule has 0 aromatic heterocycles. The first-order valence-electron chi connectivity index (χ1n) is 10.9. The quantitative estimate of drug-likeness (QED) is 0.621. The maximum absolute atomic E-state index is 15.1. The van der Waals surface area contributed by atoms with Crippen molar-refractivity contribution in [1.29, 1.82) is 5.26 Å². The maximum atomic E-state index is 15.1. The molecule has 0 bridgehead atoms. The molecule has 4 rings (SSSR count). The molecule has 2 aliphatic rings. The highest BCUT2D eigenvalue weighted by atomic mass is 32.2. The van der Waals surface area contributed by atoms with Gasteiger partial charge in [-0.05, 0) is 62.6 Å². The number of nitriles is 1. The molecule has 2 atom stereocenters. The summed E-state index contributed by atoms with van der Waals surface area (Å²) in [7, 11) is 0. The second kappa shape index (κ2) is 9.09. The number of halogens is 1. The van der Waals surface area contributed by atoms with Crippen LogP contribution in [0.15, 0.2) is 48.5 Å². The highest BCUT2D eigenvalue weighted by Gasteiger charge is 2.37. The molecule has 5 heteroatoms. The fraction of sp³-hybridized carbons (Fsp3) is 0.480. The van der Waals surface area contributed by atoms with Crippen molar-refractivity contribution in [3.8, 4) is 6.07 Å². The summed E-state index contributed by atoms with van der Waals surface area (Å²) in [4.78, 5) is 0. The highest BCUT2D eigenvalue weighted by molar-refractivity contribution is 7.97. The third-order valence-electron chi connectivity index (χ3n) is 6.73. The van der Waals surface area contributed by atoms with E-state index in [1.54, 1.807) is 6.07 Å². The summed E-state index contributed by atoms with van der Waals surface area (Å²) >= 11 is 1.82. The SMILES string of the molecule is C[C@H]1CC[C@H](c2ccccc2)SN1Cc1ccc(C2(C#N)CCC(O)CC2)cc1F. The fourth-order valence-corrected chi connectivity index (χ4v) is 6.02. The molecule has 1 N–H and O–H groups in total. The van der Waals surface area contributed by atoms with Gasteiger partial charge in [-0.1, -0.05) is 54.4 Å². The number of benzene rings is 2. The number of rotatable bonds is 4. The number of hydrogen-bond donors (Lipinski definition) is 1. The third-order valence-corrected chi connectivity index (χ3v) is 8.25. The number of aliphatic hydroxyl groups is 1. The topological polar surface area (TPSA) is 47.3 Å². The number of nitrogens with zero attached hydrogens (tertiary/aromatic N) is 2. The molecule has 158 valence electrons. The fourth-order valence-electron chi connectivity index (χ4n) is 4.65. The Morgan fingerprint density at radius 2 is 1.87 bits per heavy atom. The van der Waals surface area contributed by atoms with Gasteiger partial charge in [-0.25, -0.2) is 8.70 Å². The van der Waals surface area contributed by atoms with Crippen molar-refractivity contribution in [3.05, 3.63) is 71.0 Å². The lowest BCUT2D eigenvalue weighted by Gasteiger charge is -2.37. The Morgan fingerprint density at radius 3 is 2.53 bits per heavy atom. The summed E-state index contributed by atoms with van der Waals surface area (Å²) in [5.74, 6) is -0.233. The second-order valence-corrected chi connectivity index (χ2v) is 9.99. The summed E-state index contributed by atoms with van der Waals surface area (Å²) in [6.45, 7) is 2.76. The minimum Gasteiger partial charge on any atom is -0.393 e. The van der Waals surface area contributed by atoms with E-state index in [0.717, 1.165) is 18.4 Å². The number of hydrogen-bond acceptors (Lipinski definition) is 4. The zero-order valence-electron chi connectivity index (χ0n) is 17.4. The predicted octanol–water partition coefficient (Wildman–Crippen LogP) is 5.90. The van der Waals surface area contributed by atoms with Crippen molar-refractivity contribution in [1.82, 2.24) is 4.31 Å². The van der Waals surface area contributed by atoms with Gasteiger partial charge in [-0.3, -0.25) is 0 Å². The first kappa shape index (κ1) is 21.4. The van der Waals surface area contributed by atoms with Crippen molar-refractivity contribution in [2.24, 2.45) is 0 Å². The van der Waals surface area contributed by atoms with Crippen LogP contribution in [0.4, 0.5) is 4.39 Å². The minimum atomic E-state index is -0.676. The Kier molecular flexibility index (Phi) is 6.48. The molecule has 1 saturated carbocycles. The molecule has 0 amide bonds. The number of aliphatic hydroxyl groups excluding tert-OH is 1. The summed E-state index contributed by atoms with van der Waals surface area (Å²) in [5, 5.41) is 20.0. The first-order chi connectivity index (χ1) is 14.5. The average molecular weight is 425 g/mol. The molecule has 3 nitrogen and oxygen atoms in total. The van der Waals surface area contributed by atoms with Gasteiger partial charge in [0.15, 0.2) is 0 Å². The van der Waals surface area contributed by atoms with E-state index in [0.29, 0.717) is 49.1 Å². The van der Waals surface area contributed by atoms with E-state index in [-0.39, 0.29) is 11.9 Å². The van der Waals surface area contributed by atoms with E-state index < -0.39 is 5.41 Å². The molecular formula is C25H29FN2OS. The van der Waals surface area contributed by atoms with Gasteiger partial charge in [-0.15, -0.1) is 0 Å². The van der Waals surface area contributed by atoms with E-state index in [9.17, 15) is 10.4 Å². The van der Waals surface area contributed by atoms with Crippen LogP contribution in [0.5, 0.6) is 0 Å². The van der Waals surface area contributed by atoms with Crippen molar-refractivity contribution < 1.29 is 9.50 Å². The van der Waals surface area contributed by atoms with E-state index in [2.05, 4.69) is 41.6 Å². The summed E-state index contributed by atoms with van der Waals surface area (Å²) in [6.07, 6.45) is 4.24. The lowest BCUT2D eigenvalue weighted by Crippen LogP contribution is -2.33. The minimum absolute atomic E-state index is 0.233. The van der Waals surface area contributed by atoms with Gasteiger partial charge in [0.2, 0.25) is 0 Å². The third kappa shape index (κ3) is 4.42. The van der Waals surface area contributed by atoms with Crippen LogP contribution in [0, 0.1) is 17.1 Å². The normalized spacial score (nSPS) is 30.0. The summed E-state index contributed by atoms with van der Waals surface area (Å²) in [5.41, 5.74) is 2.07. The zero-order chi connectivity index (χ0) is 21.1. The van der Waals surface area contributed by atoms with Crippen LogP contribution < -0.4 is 0 Å². The van der Waals surface area contributed by atoms with Crippen LogP contribution in [-0.2, 0) is 12.0 Å².